The molecule has 60 heavy (non-hydrogen) atoms. The van der Waals surface area contributed by atoms with Crippen molar-refractivity contribution in [3.8, 4) is 5.75 Å². The van der Waals surface area contributed by atoms with Crippen LogP contribution in [0.1, 0.15) is 99.1 Å². The first kappa shape index (κ1) is 47.3. The molecule has 334 valence electrons. The Morgan fingerprint density at radius 1 is 1.12 bits per heavy atom. The van der Waals surface area contributed by atoms with Crippen LogP contribution in [0.3, 0.4) is 0 Å². The normalized spacial score (nSPS) is 27.4. The predicted molar refractivity (Wildman–Crippen MR) is 225 cm³/mol. The molecule has 1 amide bonds. The molecule has 0 radical (unpaired) electrons. The Morgan fingerprint density at radius 2 is 1.80 bits per heavy atom. The van der Waals surface area contributed by atoms with E-state index in [2.05, 4.69) is 19.8 Å². The largest absolute Gasteiger partial charge is 0.506 e. The number of carbonyl (C=O) groups is 4. The van der Waals surface area contributed by atoms with E-state index in [9.17, 15) is 24.3 Å². The molecule has 3 fully saturated rings. The maximum Gasteiger partial charge on any atom is 0.411 e. The molecule has 3 aliphatic heterocycles. The molecule has 0 aromatic carbocycles. The molecule has 3 aliphatic rings. The topological polar surface area (TPSA) is 170 Å². The second-order valence-corrected chi connectivity index (χ2v) is 18.2. The van der Waals surface area contributed by atoms with Gasteiger partial charge in [-0.2, -0.15) is 0 Å². The van der Waals surface area contributed by atoms with Gasteiger partial charge in [-0.15, -0.1) is 0 Å². The van der Waals surface area contributed by atoms with Gasteiger partial charge in [-0.3, -0.25) is 34.2 Å². The van der Waals surface area contributed by atoms with E-state index in [-0.39, 0.29) is 42.1 Å². The van der Waals surface area contributed by atoms with Crippen LogP contribution in [-0.2, 0) is 44.5 Å². The average Bonchev–Trinajstić information content (AvgIpc) is 3.41. The number of fused-ring (bicyclic) bond motifs is 1. The van der Waals surface area contributed by atoms with Gasteiger partial charge in [0.15, 0.2) is 17.7 Å². The molecule has 0 aliphatic carbocycles. The number of cyclic esters (lactones) is 1. The smallest absolute Gasteiger partial charge is 0.411 e. The molecule has 2 aromatic heterocycles. The minimum Gasteiger partial charge on any atom is -0.506 e. The van der Waals surface area contributed by atoms with Crippen LogP contribution in [0.4, 0.5) is 4.79 Å². The number of aryl methyl sites for hydroxylation is 1. The van der Waals surface area contributed by atoms with Crippen LogP contribution in [0.5, 0.6) is 5.75 Å². The molecular weight excluding hydrogens is 771 g/mol. The number of hydrogen-bond acceptors (Lipinski definition) is 14. The Kier molecular flexibility index (Phi) is 15.1. The van der Waals surface area contributed by atoms with Crippen molar-refractivity contribution in [2.45, 2.75) is 155 Å². The van der Waals surface area contributed by atoms with Crippen LogP contribution in [0.25, 0.3) is 11.0 Å². The predicted octanol–water partition coefficient (Wildman–Crippen LogP) is 5.49. The number of likely N-dealkylation sites (tertiary alicyclic amines) is 1. The summed E-state index contributed by atoms with van der Waals surface area (Å²) in [6.07, 6.45) is 2.88. The molecule has 11 atom stereocenters. The summed E-state index contributed by atoms with van der Waals surface area (Å²) in [7, 11) is 5.57. The monoisotopic (exact) mass is 840 g/mol. The van der Waals surface area contributed by atoms with Gasteiger partial charge in [-0.1, -0.05) is 20.8 Å². The Balaban J connectivity index is 1.25. The van der Waals surface area contributed by atoms with Crippen molar-refractivity contribution in [3.63, 3.8) is 0 Å². The van der Waals surface area contributed by atoms with Crippen molar-refractivity contribution in [3.05, 3.63) is 29.6 Å². The maximum absolute atomic E-state index is 14.4. The molecule has 5 rings (SSSR count). The number of rotatable bonds is 19. The molecule has 0 bridgehead atoms. The van der Waals surface area contributed by atoms with Crippen molar-refractivity contribution in [1.82, 2.24) is 24.7 Å². The third-order valence-corrected chi connectivity index (χ3v) is 13.7. The number of Topliss-reactive ketones (excluding diaryl/α,β-unsaturated/α-hetero) is 2. The number of nitrogens with zero attached hydrogens (tertiary/aromatic N) is 5. The van der Waals surface area contributed by atoms with Crippen molar-refractivity contribution in [2.24, 2.45) is 17.8 Å². The lowest BCUT2D eigenvalue weighted by Gasteiger charge is -2.46. The lowest BCUT2D eigenvalue weighted by Crippen LogP contribution is -2.63. The number of amides is 1. The Labute approximate surface area is 355 Å². The van der Waals surface area contributed by atoms with Gasteiger partial charge in [0.1, 0.15) is 23.6 Å². The quantitative estimate of drug-likeness (QED) is 0.139. The summed E-state index contributed by atoms with van der Waals surface area (Å²) in [5, 5.41) is 10.6. The molecular formula is C45H69N5O10. The number of methoxy groups -OCH3 is 1. The number of aromatic nitrogens is 2. The van der Waals surface area contributed by atoms with Crippen molar-refractivity contribution in [1.29, 1.82) is 0 Å². The first-order chi connectivity index (χ1) is 28.1. The van der Waals surface area contributed by atoms with Crippen LogP contribution in [0.15, 0.2) is 18.5 Å². The van der Waals surface area contributed by atoms with Gasteiger partial charge in [0.05, 0.1) is 47.1 Å². The first-order valence-corrected chi connectivity index (χ1v) is 21.6. The van der Waals surface area contributed by atoms with Gasteiger partial charge < -0.3 is 33.7 Å². The highest BCUT2D eigenvalue weighted by molar-refractivity contribution is 6.00. The second-order valence-electron chi connectivity index (χ2n) is 18.2. The standard InChI is InChI=1S/C45H69N5O10/c1-14-36(45(10)31(8)50(43(55)60-45)33-23-49(24-33)18-16-34-35(52)22-47-38-25(2)15-17-46-39(34)38)58-42(54)29(6)40(53)28(5)41(44(9,56-13)21-26(3)30(7)51)59-37-20-32(48(11)12)19-27(4)57-37/h15,17,22,26-29,31-33,36-37,41,52H,14,16,18-21,23-24H2,1-13H3/t26-,27-,28+,29-,31+,32+,36-,37+,41-,44-,45+/m1/s1. The van der Waals surface area contributed by atoms with Gasteiger partial charge in [0, 0.05) is 62.8 Å². The molecule has 1 N–H and O–H groups in total. The van der Waals surface area contributed by atoms with E-state index in [0.717, 1.165) is 23.1 Å². The van der Waals surface area contributed by atoms with E-state index < -0.39 is 65.4 Å². The fraction of sp³-hybridized carbons (Fsp3) is 0.733. The molecule has 3 saturated heterocycles. The summed E-state index contributed by atoms with van der Waals surface area (Å²) >= 11 is 0. The SMILES string of the molecule is CC[C@@H](OC(=O)[C@H](C)C(=O)[C@H](C)[C@@H](O[C@H]1C[C@@H](N(C)C)C[C@@H](C)O1)[C@@](C)(C[C@@H](C)C(C)=O)OC)[C@@]1(C)OC(=O)N(C2CN(CCc3c(O)cnc4c(C)ccnc34)C2)[C@H]1C. The summed E-state index contributed by atoms with van der Waals surface area (Å²) in [6.45, 7) is 19.8. The summed E-state index contributed by atoms with van der Waals surface area (Å²) in [4.78, 5) is 69.2. The van der Waals surface area contributed by atoms with Gasteiger partial charge in [-0.25, -0.2) is 4.79 Å². The van der Waals surface area contributed by atoms with Crippen LogP contribution in [0, 0.1) is 24.7 Å². The minimum atomic E-state index is -1.18. The molecule has 15 heteroatoms. The van der Waals surface area contributed by atoms with Crippen molar-refractivity contribution in [2.75, 3.05) is 40.8 Å². The van der Waals surface area contributed by atoms with E-state index in [1.54, 1.807) is 32.1 Å². The summed E-state index contributed by atoms with van der Waals surface area (Å²) in [5.74, 6) is -3.44. The van der Waals surface area contributed by atoms with Crippen molar-refractivity contribution >= 4 is 34.7 Å². The number of aromatic hydroxyl groups is 1. The van der Waals surface area contributed by atoms with E-state index in [1.807, 2.05) is 61.7 Å². The third-order valence-electron chi connectivity index (χ3n) is 13.7. The van der Waals surface area contributed by atoms with E-state index in [4.69, 9.17) is 23.7 Å². The van der Waals surface area contributed by atoms with Crippen LogP contribution in [-0.4, -0.2) is 148 Å². The van der Waals surface area contributed by atoms with Crippen LogP contribution >= 0.6 is 0 Å². The number of ketones is 2. The molecule has 0 spiro atoms. The van der Waals surface area contributed by atoms with Gasteiger partial charge in [-0.05, 0) is 99.9 Å². The molecule has 0 saturated carbocycles. The Morgan fingerprint density at radius 3 is 2.42 bits per heavy atom. The van der Waals surface area contributed by atoms with E-state index >= 15 is 0 Å². The zero-order valence-electron chi connectivity index (χ0n) is 38.0. The summed E-state index contributed by atoms with van der Waals surface area (Å²) in [6, 6.07) is 1.53. The van der Waals surface area contributed by atoms with Gasteiger partial charge in [0.2, 0.25) is 0 Å². The highest BCUT2D eigenvalue weighted by atomic mass is 16.7. The van der Waals surface area contributed by atoms with E-state index in [1.165, 1.54) is 20.0 Å². The Hall–Kier alpha value is -3.76. The number of ether oxygens (including phenoxy) is 5. The first-order valence-electron chi connectivity index (χ1n) is 21.6. The van der Waals surface area contributed by atoms with Crippen molar-refractivity contribution < 1.29 is 48.0 Å². The molecule has 2 aromatic rings. The molecule has 15 nitrogen and oxygen atoms in total. The third kappa shape index (κ3) is 9.80. The Bertz CT molecular complexity index is 1870. The van der Waals surface area contributed by atoms with Crippen LogP contribution < -0.4 is 0 Å². The average molecular weight is 840 g/mol. The fourth-order valence-electron chi connectivity index (χ4n) is 9.35. The highest BCUT2D eigenvalue weighted by Crippen LogP contribution is 2.40. The number of hydrogen-bond donors (Lipinski definition) is 1. The maximum atomic E-state index is 14.4. The zero-order chi connectivity index (χ0) is 44.4. The van der Waals surface area contributed by atoms with Gasteiger partial charge in [0.25, 0.3) is 0 Å². The van der Waals surface area contributed by atoms with Crippen LogP contribution in [0.2, 0.25) is 0 Å². The highest BCUT2D eigenvalue weighted by Gasteiger charge is 2.57. The second kappa shape index (κ2) is 19.1. The number of carbonyl (C=O) groups excluding carboxylic acids is 4. The zero-order valence-corrected chi connectivity index (χ0v) is 38.0. The fourth-order valence-corrected chi connectivity index (χ4v) is 9.35. The summed E-state index contributed by atoms with van der Waals surface area (Å²) in [5.41, 5.74) is 0.921. The summed E-state index contributed by atoms with van der Waals surface area (Å²) < 4.78 is 31.2. The number of esters is 1. The lowest BCUT2D eigenvalue weighted by atomic mass is 9.78. The molecule has 0 unspecified atom stereocenters. The van der Waals surface area contributed by atoms with E-state index in [0.29, 0.717) is 44.4 Å². The molecule has 5 heterocycles. The lowest BCUT2D eigenvalue weighted by molar-refractivity contribution is -0.262. The number of pyridine rings is 2. The van der Waals surface area contributed by atoms with Gasteiger partial charge >= 0.3 is 12.1 Å². The minimum absolute atomic E-state index is 0.0128.